The second-order valence-electron chi connectivity index (χ2n) is 4.92. The molecule has 0 amide bonds. The van der Waals surface area contributed by atoms with Crippen LogP contribution in [0.5, 0.6) is 0 Å². The summed E-state index contributed by atoms with van der Waals surface area (Å²) in [6.07, 6.45) is 3.02. The molecule has 1 saturated carbocycles. The van der Waals surface area contributed by atoms with Crippen molar-refractivity contribution in [3.63, 3.8) is 0 Å². The van der Waals surface area contributed by atoms with E-state index in [1.165, 1.54) is 0 Å². The van der Waals surface area contributed by atoms with Gasteiger partial charge in [-0.2, -0.15) is 13.2 Å². The molecule has 17 heavy (non-hydrogen) atoms. The molecular weight excluding hydrogens is 233 g/mol. The number of allylic oxidation sites excluding steroid dienone is 2. The van der Waals surface area contributed by atoms with Crippen molar-refractivity contribution < 1.29 is 22.7 Å². The smallest absolute Gasteiger partial charge is 0.422 e. The van der Waals surface area contributed by atoms with Crippen molar-refractivity contribution >= 4 is 5.97 Å². The van der Waals surface area contributed by atoms with E-state index in [-0.39, 0.29) is 5.92 Å². The van der Waals surface area contributed by atoms with Gasteiger partial charge in [0.05, 0.1) is 5.92 Å². The zero-order valence-corrected chi connectivity index (χ0v) is 9.37. The molecule has 0 N–H and O–H groups in total. The molecule has 0 saturated heterocycles. The molecule has 0 spiro atoms. The molecular formula is C12H15F3O2. The van der Waals surface area contributed by atoms with Gasteiger partial charge in [-0.1, -0.05) is 12.2 Å². The molecule has 5 heteroatoms. The third-order valence-electron chi connectivity index (χ3n) is 3.43. The lowest BCUT2D eigenvalue weighted by molar-refractivity contribution is -0.190. The van der Waals surface area contributed by atoms with Crippen LogP contribution in [-0.2, 0) is 9.53 Å². The first-order valence-electron chi connectivity index (χ1n) is 5.84. The first-order valence-corrected chi connectivity index (χ1v) is 5.84. The summed E-state index contributed by atoms with van der Waals surface area (Å²) >= 11 is 0. The second kappa shape index (κ2) is 4.70. The number of fused-ring (bicyclic) bond motifs is 2. The van der Waals surface area contributed by atoms with Crippen LogP contribution in [-0.4, -0.2) is 18.8 Å². The number of halogens is 3. The van der Waals surface area contributed by atoms with Gasteiger partial charge in [0, 0.05) is 0 Å². The van der Waals surface area contributed by atoms with Crippen LogP contribution in [0.15, 0.2) is 12.2 Å². The van der Waals surface area contributed by atoms with Gasteiger partial charge in [-0.05, 0) is 37.5 Å². The Kier molecular flexibility index (Phi) is 3.45. The van der Waals surface area contributed by atoms with Gasteiger partial charge < -0.3 is 4.74 Å². The summed E-state index contributed by atoms with van der Waals surface area (Å²) in [5.41, 5.74) is 0. The first kappa shape index (κ1) is 12.5. The zero-order chi connectivity index (χ0) is 12.5. The van der Waals surface area contributed by atoms with E-state index in [9.17, 15) is 18.0 Å². The minimum atomic E-state index is -4.43. The highest BCUT2D eigenvalue weighted by molar-refractivity contribution is 5.72. The maximum Gasteiger partial charge on any atom is 0.422 e. The number of esters is 1. The van der Waals surface area contributed by atoms with Crippen LogP contribution in [0, 0.1) is 17.8 Å². The third-order valence-corrected chi connectivity index (χ3v) is 3.43. The maximum atomic E-state index is 11.9. The number of rotatable bonds is 2. The lowest BCUT2D eigenvalue weighted by Crippen LogP contribution is -2.32. The third kappa shape index (κ3) is 3.48. The van der Waals surface area contributed by atoms with Crippen LogP contribution in [0.4, 0.5) is 13.2 Å². The van der Waals surface area contributed by atoms with Gasteiger partial charge >= 0.3 is 12.1 Å². The minimum Gasteiger partial charge on any atom is -0.456 e. The molecule has 2 nitrogen and oxygen atoms in total. The molecule has 1 fully saturated rings. The predicted octanol–water partition coefficient (Wildman–Crippen LogP) is 3.08. The topological polar surface area (TPSA) is 26.3 Å². The Morgan fingerprint density at radius 1 is 1.29 bits per heavy atom. The summed E-state index contributed by atoms with van der Waals surface area (Å²) in [5.74, 6) is -0.272. The van der Waals surface area contributed by atoms with Crippen molar-refractivity contribution in [1.29, 1.82) is 0 Å². The molecule has 0 aromatic heterocycles. The standard InChI is InChI=1S/C12H15F3O2/c13-12(14,15)7-17-11(16)10-5-8-2-1-3-9(4-8)6-10/h1-2,8-10H,3-7H2. The lowest BCUT2D eigenvalue weighted by Gasteiger charge is -2.34. The molecule has 0 aliphatic heterocycles. The Labute approximate surface area is 97.8 Å². The maximum absolute atomic E-state index is 11.9. The van der Waals surface area contributed by atoms with Crippen molar-refractivity contribution in [3.05, 3.63) is 12.2 Å². The SMILES string of the molecule is O=C(OCC(F)(F)F)C1CC2C=CCC(C2)C1. The molecule has 3 unspecified atom stereocenters. The number of alkyl halides is 3. The van der Waals surface area contributed by atoms with E-state index in [1.54, 1.807) is 0 Å². The van der Waals surface area contributed by atoms with E-state index < -0.39 is 18.8 Å². The highest BCUT2D eigenvalue weighted by Crippen LogP contribution is 2.39. The minimum absolute atomic E-state index is 0.339. The van der Waals surface area contributed by atoms with Crippen molar-refractivity contribution in [2.75, 3.05) is 6.61 Å². The Bertz CT molecular complexity index is 322. The Balaban J connectivity index is 1.86. The molecule has 0 aromatic carbocycles. The highest BCUT2D eigenvalue weighted by Gasteiger charge is 2.36. The summed E-state index contributed by atoms with van der Waals surface area (Å²) in [4.78, 5) is 11.5. The molecule has 2 aliphatic rings. The van der Waals surface area contributed by atoms with E-state index in [4.69, 9.17) is 0 Å². The predicted molar refractivity (Wildman–Crippen MR) is 55.1 cm³/mol. The number of carbonyl (C=O) groups is 1. The molecule has 2 aliphatic carbocycles. The van der Waals surface area contributed by atoms with E-state index in [0.29, 0.717) is 24.7 Å². The van der Waals surface area contributed by atoms with E-state index in [0.717, 1.165) is 12.8 Å². The number of hydrogen-bond acceptors (Lipinski definition) is 2. The van der Waals surface area contributed by atoms with Crippen LogP contribution < -0.4 is 0 Å². The van der Waals surface area contributed by atoms with E-state index in [1.807, 2.05) is 0 Å². The summed E-state index contributed by atoms with van der Waals surface area (Å²) in [5, 5.41) is 0. The van der Waals surface area contributed by atoms with E-state index >= 15 is 0 Å². The van der Waals surface area contributed by atoms with Gasteiger partial charge in [-0.3, -0.25) is 4.79 Å². The van der Waals surface area contributed by atoms with E-state index in [2.05, 4.69) is 16.9 Å². The van der Waals surface area contributed by atoms with Crippen LogP contribution in [0.3, 0.4) is 0 Å². The van der Waals surface area contributed by atoms with Crippen molar-refractivity contribution in [2.45, 2.75) is 31.9 Å². The lowest BCUT2D eigenvalue weighted by atomic mass is 9.71. The number of ether oxygens (including phenoxy) is 1. The molecule has 3 atom stereocenters. The molecule has 96 valence electrons. The Morgan fingerprint density at radius 3 is 2.71 bits per heavy atom. The monoisotopic (exact) mass is 248 g/mol. The molecule has 0 radical (unpaired) electrons. The summed E-state index contributed by atoms with van der Waals surface area (Å²) in [7, 11) is 0. The number of hydrogen-bond donors (Lipinski definition) is 0. The second-order valence-corrected chi connectivity index (χ2v) is 4.92. The van der Waals surface area contributed by atoms with Crippen LogP contribution in [0.25, 0.3) is 0 Å². The fraction of sp³-hybridized carbons (Fsp3) is 0.750. The zero-order valence-electron chi connectivity index (χ0n) is 9.37. The molecule has 0 aromatic rings. The normalized spacial score (nSPS) is 32.3. The van der Waals surface area contributed by atoms with Crippen molar-refractivity contribution in [3.8, 4) is 0 Å². The van der Waals surface area contributed by atoms with Gasteiger partial charge in [-0.25, -0.2) is 0 Å². The van der Waals surface area contributed by atoms with Crippen LogP contribution >= 0.6 is 0 Å². The highest BCUT2D eigenvalue weighted by atomic mass is 19.4. The van der Waals surface area contributed by atoms with Gasteiger partial charge in [0.1, 0.15) is 0 Å². The largest absolute Gasteiger partial charge is 0.456 e. The average Bonchev–Trinajstić information content (AvgIpc) is 2.24. The summed E-state index contributed by atoms with van der Waals surface area (Å²) in [6.45, 7) is -1.46. The quantitative estimate of drug-likeness (QED) is 0.554. The Morgan fingerprint density at radius 2 is 2.06 bits per heavy atom. The summed E-state index contributed by atoms with van der Waals surface area (Å²) < 4.78 is 40.1. The van der Waals surface area contributed by atoms with Crippen molar-refractivity contribution in [1.82, 2.24) is 0 Å². The molecule has 2 rings (SSSR count). The summed E-state index contributed by atoms with van der Waals surface area (Å²) in [6, 6.07) is 0. The van der Waals surface area contributed by atoms with Crippen LogP contribution in [0.2, 0.25) is 0 Å². The fourth-order valence-corrected chi connectivity index (χ4v) is 2.76. The van der Waals surface area contributed by atoms with Crippen molar-refractivity contribution in [2.24, 2.45) is 17.8 Å². The van der Waals surface area contributed by atoms with Crippen LogP contribution in [0.1, 0.15) is 25.7 Å². The number of carbonyl (C=O) groups excluding carboxylic acids is 1. The van der Waals surface area contributed by atoms with Gasteiger partial charge in [0.15, 0.2) is 6.61 Å². The first-order chi connectivity index (χ1) is 7.94. The fourth-order valence-electron chi connectivity index (χ4n) is 2.76. The van der Waals surface area contributed by atoms with Gasteiger partial charge in [0.2, 0.25) is 0 Å². The average molecular weight is 248 g/mol. The Hall–Kier alpha value is -1.00. The van der Waals surface area contributed by atoms with Gasteiger partial charge in [-0.15, -0.1) is 0 Å². The molecule has 2 bridgehead atoms. The van der Waals surface area contributed by atoms with Gasteiger partial charge in [0.25, 0.3) is 0 Å². The molecule has 0 heterocycles.